The summed E-state index contributed by atoms with van der Waals surface area (Å²) in [6.07, 6.45) is 4.15. The molecule has 0 spiro atoms. The minimum Gasteiger partial charge on any atom is -0.312 e. The first kappa shape index (κ1) is 8.52. The lowest BCUT2D eigenvalue weighted by molar-refractivity contribution is 0.369. The van der Waals surface area contributed by atoms with Gasteiger partial charge in [-0.05, 0) is 25.3 Å². The van der Waals surface area contributed by atoms with E-state index in [0.717, 1.165) is 24.0 Å². The van der Waals surface area contributed by atoms with Gasteiger partial charge in [0.2, 0.25) is 0 Å². The van der Waals surface area contributed by atoms with E-state index in [2.05, 4.69) is 24.5 Å². The summed E-state index contributed by atoms with van der Waals surface area (Å²) in [5, 5.41) is 7.23. The van der Waals surface area contributed by atoms with Gasteiger partial charge in [0.1, 0.15) is 0 Å². The predicted octanol–water partition coefficient (Wildman–Crippen LogP) is 1.12. The van der Waals surface area contributed by atoms with Crippen LogP contribution in [0.2, 0.25) is 0 Å². The molecule has 2 fully saturated rings. The van der Waals surface area contributed by atoms with E-state index in [4.69, 9.17) is 0 Å². The van der Waals surface area contributed by atoms with E-state index in [1.807, 2.05) is 0 Å². The molecule has 0 aromatic rings. The summed E-state index contributed by atoms with van der Waals surface area (Å²) < 4.78 is 0. The summed E-state index contributed by atoms with van der Waals surface area (Å²) in [5.74, 6) is 0.769. The molecule has 0 saturated carbocycles. The average Bonchev–Trinajstić information content (AvgIpc) is 2.66. The molecule has 3 unspecified atom stereocenters. The molecule has 2 N–H and O–H groups in total. The zero-order valence-electron chi connectivity index (χ0n) is 8.14. The lowest BCUT2D eigenvalue weighted by Crippen LogP contribution is -2.41. The summed E-state index contributed by atoms with van der Waals surface area (Å²) in [7, 11) is 0. The van der Waals surface area contributed by atoms with E-state index in [9.17, 15) is 0 Å². The van der Waals surface area contributed by atoms with Crippen LogP contribution in [0.5, 0.6) is 0 Å². The molecule has 2 heterocycles. The van der Waals surface area contributed by atoms with Gasteiger partial charge >= 0.3 is 0 Å². The average molecular weight is 168 g/mol. The van der Waals surface area contributed by atoms with Crippen molar-refractivity contribution in [2.45, 2.75) is 51.2 Å². The topological polar surface area (TPSA) is 34.0 Å². The molecule has 0 amide bonds. The Hall–Kier alpha value is -0.0800. The molecule has 0 bridgehead atoms. The van der Waals surface area contributed by atoms with Gasteiger partial charge in [0.25, 0.3) is 0 Å². The molecule has 70 valence electrons. The lowest BCUT2D eigenvalue weighted by Gasteiger charge is -2.23. The van der Waals surface area contributed by atoms with E-state index < -0.39 is 0 Å². The van der Waals surface area contributed by atoms with Gasteiger partial charge in [-0.2, -0.15) is 0 Å². The van der Waals surface area contributed by atoms with Crippen molar-refractivity contribution < 1.29 is 0 Å². The third-order valence-electron chi connectivity index (χ3n) is 3.16. The quantitative estimate of drug-likeness (QED) is 0.575. The normalized spacial score (nSPS) is 41.8. The highest BCUT2D eigenvalue weighted by Gasteiger charge is 2.43. The molecule has 2 aliphatic heterocycles. The molecular weight excluding hydrogens is 148 g/mol. The Bertz CT molecular complexity index is 156. The number of rotatable bonds is 1. The van der Waals surface area contributed by atoms with Crippen molar-refractivity contribution in [1.82, 2.24) is 10.6 Å². The van der Waals surface area contributed by atoms with Gasteiger partial charge in [0.15, 0.2) is 0 Å². The molecule has 12 heavy (non-hydrogen) atoms. The summed E-state index contributed by atoms with van der Waals surface area (Å²) in [6.45, 7) is 5.85. The Morgan fingerprint density at radius 3 is 2.83 bits per heavy atom. The standard InChI is InChI=1S/C10H20N2/c1-7(2)9-10-8(12-10)5-3-4-6-11-9/h7-12H,3-6H2,1-2H3. The maximum absolute atomic E-state index is 3.65. The van der Waals surface area contributed by atoms with E-state index in [-0.39, 0.29) is 0 Å². The van der Waals surface area contributed by atoms with Crippen molar-refractivity contribution in [2.24, 2.45) is 5.92 Å². The Balaban J connectivity index is 1.93. The van der Waals surface area contributed by atoms with Crippen molar-refractivity contribution >= 4 is 0 Å². The van der Waals surface area contributed by atoms with E-state index in [0.29, 0.717) is 0 Å². The highest BCUT2D eigenvalue weighted by atomic mass is 15.2. The van der Waals surface area contributed by atoms with Crippen molar-refractivity contribution in [3.05, 3.63) is 0 Å². The van der Waals surface area contributed by atoms with Gasteiger partial charge in [-0.25, -0.2) is 0 Å². The summed E-state index contributed by atoms with van der Waals surface area (Å²) in [5.41, 5.74) is 0. The van der Waals surface area contributed by atoms with Gasteiger partial charge in [0, 0.05) is 18.1 Å². The second-order valence-electron chi connectivity index (χ2n) is 4.52. The van der Waals surface area contributed by atoms with Crippen LogP contribution in [0, 0.1) is 5.92 Å². The molecule has 2 heteroatoms. The molecule has 3 atom stereocenters. The Morgan fingerprint density at radius 2 is 2.08 bits per heavy atom. The van der Waals surface area contributed by atoms with Crippen LogP contribution >= 0.6 is 0 Å². The largest absolute Gasteiger partial charge is 0.312 e. The second-order valence-corrected chi connectivity index (χ2v) is 4.52. The Morgan fingerprint density at radius 1 is 1.25 bits per heavy atom. The maximum Gasteiger partial charge on any atom is 0.0381 e. The van der Waals surface area contributed by atoms with Gasteiger partial charge in [0.05, 0.1) is 0 Å². The predicted molar refractivity (Wildman–Crippen MR) is 51.2 cm³/mol. The third-order valence-corrected chi connectivity index (χ3v) is 3.16. The van der Waals surface area contributed by atoms with Crippen molar-refractivity contribution in [2.75, 3.05) is 6.54 Å². The minimum atomic E-state index is 0.718. The second kappa shape index (κ2) is 3.35. The smallest absolute Gasteiger partial charge is 0.0381 e. The highest BCUT2D eigenvalue weighted by molar-refractivity contribution is 5.06. The van der Waals surface area contributed by atoms with Crippen molar-refractivity contribution in [3.63, 3.8) is 0 Å². The Labute approximate surface area is 75.1 Å². The first-order chi connectivity index (χ1) is 5.79. The first-order valence-electron chi connectivity index (χ1n) is 5.28. The summed E-state index contributed by atoms with van der Waals surface area (Å²) in [4.78, 5) is 0. The lowest BCUT2D eigenvalue weighted by atomic mass is 9.95. The fraction of sp³-hybridized carbons (Fsp3) is 1.00. The maximum atomic E-state index is 3.65. The van der Waals surface area contributed by atoms with Gasteiger partial charge < -0.3 is 10.6 Å². The molecule has 2 aliphatic rings. The first-order valence-corrected chi connectivity index (χ1v) is 5.28. The van der Waals surface area contributed by atoms with Crippen LogP contribution in [0.1, 0.15) is 33.1 Å². The van der Waals surface area contributed by atoms with Crippen LogP contribution in [0.15, 0.2) is 0 Å². The van der Waals surface area contributed by atoms with Crippen LogP contribution in [-0.2, 0) is 0 Å². The van der Waals surface area contributed by atoms with Gasteiger partial charge in [-0.15, -0.1) is 0 Å². The van der Waals surface area contributed by atoms with Crippen LogP contribution in [0.3, 0.4) is 0 Å². The van der Waals surface area contributed by atoms with Crippen LogP contribution < -0.4 is 10.6 Å². The minimum absolute atomic E-state index is 0.718. The van der Waals surface area contributed by atoms with E-state index >= 15 is 0 Å². The van der Waals surface area contributed by atoms with Crippen molar-refractivity contribution in [3.8, 4) is 0 Å². The fourth-order valence-electron chi connectivity index (χ4n) is 2.34. The molecule has 0 radical (unpaired) electrons. The SMILES string of the molecule is CC(C)C1NCCCCC2NC21. The molecule has 2 nitrogen and oxygen atoms in total. The molecular formula is C10H20N2. The zero-order valence-corrected chi connectivity index (χ0v) is 8.14. The fourth-order valence-corrected chi connectivity index (χ4v) is 2.34. The molecule has 0 aliphatic carbocycles. The number of fused-ring (bicyclic) bond motifs is 1. The number of hydrogen-bond acceptors (Lipinski definition) is 2. The van der Waals surface area contributed by atoms with Gasteiger partial charge in [-0.3, -0.25) is 0 Å². The third kappa shape index (κ3) is 1.64. The van der Waals surface area contributed by atoms with Crippen LogP contribution in [0.25, 0.3) is 0 Å². The summed E-state index contributed by atoms with van der Waals surface area (Å²) in [6, 6.07) is 2.34. The Kier molecular flexibility index (Phi) is 2.37. The van der Waals surface area contributed by atoms with Crippen LogP contribution in [0.4, 0.5) is 0 Å². The summed E-state index contributed by atoms with van der Waals surface area (Å²) >= 11 is 0. The number of nitrogens with one attached hydrogen (secondary N) is 2. The monoisotopic (exact) mass is 168 g/mol. The molecule has 2 saturated heterocycles. The van der Waals surface area contributed by atoms with Crippen molar-refractivity contribution in [1.29, 1.82) is 0 Å². The highest BCUT2D eigenvalue weighted by Crippen LogP contribution is 2.26. The van der Waals surface area contributed by atoms with E-state index in [1.165, 1.54) is 25.8 Å². The van der Waals surface area contributed by atoms with Crippen LogP contribution in [-0.4, -0.2) is 24.7 Å². The van der Waals surface area contributed by atoms with Gasteiger partial charge in [-0.1, -0.05) is 20.3 Å². The molecule has 0 aromatic carbocycles. The number of hydrogen-bond donors (Lipinski definition) is 2. The molecule has 0 aromatic heterocycles. The zero-order chi connectivity index (χ0) is 8.55. The van der Waals surface area contributed by atoms with E-state index in [1.54, 1.807) is 0 Å². The molecule has 2 rings (SSSR count).